The lowest BCUT2D eigenvalue weighted by Gasteiger charge is -2.04. The topological polar surface area (TPSA) is 73.0 Å². The standard InChI is InChI=1S/C14H17ClN4O2/c1-2-5-16-7-11-8-17-18(9-11)10-12-3-4-13(15)6-14(12)19(20)21/h3-4,6,8-9,16H,2,5,7,10H2,1H3. The second kappa shape index (κ2) is 7.19. The zero-order valence-electron chi connectivity index (χ0n) is 11.8. The molecule has 2 rings (SSSR count). The van der Waals surface area contributed by atoms with E-state index in [4.69, 9.17) is 11.6 Å². The first kappa shape index (κ1) is 15.5. The summed E-state index contributed by atoms with van der Waals surface area (Å²) in [7, 11) is 0. The molecule has 0 atom stereocenters. The smallest absolute Gasteiger partial charge is 0.275 e. The van der Waals surface area contributed by atoms with Crippen molar-refractivity contribution in [1.29, 1.82) is 0 Å². The molecular formula is C14H17ClN4O2. The molecule has 1 aromatic carbocycles. The highest BCUT2D eigenvalue weighted by molar-refractivity contribution is 6.30. The van der Waals surface area contributed by atoms with Gasteiger partial charge >= 0.3 is 0 Å². The first-order valence-corrected chi connectivity index (χ1v) is 7.13. The van der Waals surface area contributed by atoms with E-state index in [9.17, 15) is 10.1 Å². The van der Waals surface area contributed by atoms with E-state index >= 15 is 0 Å². The van der Waals surface area contributed by atoms with Crippen molar-refractivity contribution in [3.63, 3.8) is 0 Å². The molecule has 21 heavy (non-hydrogen) atoms. The van der Waals surface area contributed by atoms with E-state index in [-0.39, 0.29) is 5.69 Å². The fourth-order valence-electron chi connectivity index (χ4n) is 2.01. The molecular weight excluding hydrogens is 292 g/mol. The van der Waals surface area contributed by atoms with Gasteiger partial charge in [-0.2, -0.15) is 5.10 Å². The number of hydrogen-bond acceptors (Lipinski definition) is 4. The summed E-state index contributed by atoms with van der Waals surface area (Å²) in [6, 6.07) is 4.68. The van der Waals surface area contributed by atoms with Gasteiger partial charge in [-0.1, -0.05) is 18.5 Å². The van der Waals surface area contributed by atoms with Crippen molar-refractivity contribution < 1.29 is 4.92 Å². The lowest BCUT2D eigenvalue weighted by molar-refractivity contribution is -0.385. The molecule has 2 aromatic rings. The van der Waals surface area contributed by atoms with E-state index in [0.717, 1.165) is 25.1 Å². The Hall–Kier alpha value is -1.92. The van der Waals surface area contributed by atoms with Gasteiger partial charge in [0.1, 0.15) is 0 Å². The molecule has 0 aliphatic carbocycles. The van der Waals surface area contributed by atoms with E-state index < -0.39 is 4.92 Å². The zero-order valence-corrected chi connectivity index (χ0v) is 12.5. The summed E-state index contributed by atoms with van der Waals surface area (Å²) in [5, 5.41) is 18.9. The van der Waals surface area contributed by atoms with Crippen LogP contribution in [0.5, 0.6) is 0 Å². The molecule has 1 heterocycles. The Balaban J connectivity index is 2.10. The quantitative estimate of drug-likeness (QED) is 0.485. The van der Waals surface area contributed by atoms with E-state index in [1.807, 2.05) is 6.20 Å². The molecule has 0 amide bonds. The second-order valence-corrected chi connectivity index (χ2v) is 5.19. The summed E-state index contributed by atoms with van der Waals surface area (Å²) in [5.74, 6) is 0. The molecule has 0 saturated heterocycles. The Morgan fingerprint density at radius 1 is 1.48 bits per heavy atom. The van der Waals surface area contributed by atoms with Crippen molar-refractivity contribution >= 4 is 17.3 Å². The van der Waals surface area contributed by atoms with Gasteiger partial charge in [-0.25, -0.2) is 0 Å². The highest BCUT2D eigenvalue weighted by atomic mass is 35.5. The summed E-state index contributed by atoms with van der Waals surface area (Å²) in [6.07, 6.45) is 4.73. The molecule has 1 N–H and O–H groups in total. The van der Waals surface area contributed by atoms with Gasteiger partial charge < -0.3 is 5.32 Å². The fraction of sp³-hybridized carbons (Fsp3) is 0.357. The average Bonchev–Trinajstić information content (AvgIpc) is 2.88. The SMILES string of the molecule is CCCNCc1cnn(Cc2ccc(Cl)cc2[N+](=O)[O-])c1. The van der Waals surface area contributed by atoms with Crippen LogP contribution in [0, 0.1) is 10.1 Å². The molecule has 0 aliphatic heterocycles. The van der Waals surface area contributed by atoms with E-state index in [0.29, 0.717) is 17.1 Å². The number of halogens is 1. The van der Waals surface area contributed by atoms with Crippen LogP contribution in [0.2, 0.25) is 5.02 Å². The third kappa shape index (κ3) is 4.27. The van der Waals surface area contributed by atoms with Crippen LogP contribution in [0.3, 0.4) is 0 Å². The molecule has 0 spiro atoms. The van der Waals surface area contributed by atoms with Crippen molar-refractivity contribution in [2.75, 3.05) is 6.54 Å². The third-order valence-corrected chi connectivity index (χ3v) is 3.25. The second-order valence-electron chi connectivity index (χ2n) is 4.75. The highest BCUT2D eigenvalue weighted by Gasteiger charge is 2.14. The predicted molar refractivity (Wildman–Crippen MR) is 81.4 cm³/mol. The van der Waals surface area contributed by atoms with Crippen molar-refractivity contribution in [1.82, 2.24) is 15.1 Å². The predicted octanol–water partition coefficient (Wildman–Crippen LogP) is 2.99. The van der Waals surface area contributed by atoms with E-state index in [1.54, 1.807) is 23.0 Å². The highest BCUT2D eigenvalue weighted by Crippen LogP contribution is 2.23. The minimum atomic E-state index is -0.422. The first-order chi connectivity index (χ1) is 10.1. The van der Waals surface area contributed by atoms with Crippen molar-refractivity contribution in [2.24, 2.45) is 0 Å². The fourth-order valence-corrected chi connectivity index (χ4v) is 2.18. The summed E-state index contributed by atoms with van der Waals surface area (Å²) in [6.45, 7) is 4.15. The Kier molecular flexibility index (Phi) is 5.30. The average molecular weight is 309 g/mol. The van der Waals surface area contributed by atoms with Gasteiger partial charge in [-0.15, -0.1) is 0 Å². The maximum atomic E-state index is 11.1. The molecule has 6 nitrogen and oxygen atoms in total. The number of benzene rings is 1. The number of nitrogens with zero attached hydrogens (tertiary/aromatic N) is 3. The number of nitro groups is 1. The van der Waals surface area contributed by atoms with Gasteiger partial charge in [0.15, 0.2) is 0 Å². The Morgan fingerprint density at radius 2 is 2.29 bits per heavy atom. The van der Waals surface area contributed by atoms with Gasteiger partial charge in [-0.3, -0.25) is 14.8 Å². The maximum Gasteiger partial charge on any atom is 0.275 e. The number of nitro benzene ring substituents is 1. The van der Waals surface area contributed by atoms with E-state index in [2.05, 4.69) is 17.3 Å². The normalized spacial score (nSPS) is 10.8. The molecule has 0 fully saturated rings. The maximum absolute atomic E-state index is 11.1. The molecule has 0 radical (unpaired) electrons. The number of aromatic nitrogens is 2. The number of hydrogen-bond donors (Lipinski definition) is 1. The summed E-state index contributed by atoms with van der Waals surface area (Å²) < 4.78 is 1.69. The largest absolute Gasteiger partial charge is 0.313 e. The number of nitrogens with one attached hydrogen (secondary N) is 1. The van der Waals surface area contributed by atoms with Gasteiger partial charge in [0, 0.05) is 29.4 Å². The van der Waals surface area contributed by atoms with Crippen molar-refractivity contribution in [2.45, 2.75) is 26.4 Å². The van der Waals surface area contributed by atoms with Crippen LogP contribution in [0.1, 0.15) is 24.5 Å². The van der Waals surface area contributed by atoms with E-state index in [1.165, 1.54) is 6.07 Å². The van der Waals surface area contributed by atoms with Crippen LogP contribution in [0.25, 0.3) is 0 Å². The van der Waals surface area contributed by atoms with Crippen LogP contribution in [-0.2, 0) is 13.1 Å². The number of rotatable bonds is 7. The van der Waals surface area contributed by atoms with Gasteiger partial charge in [-0.05, 0) is 25.1 Å². The monoisotopic (exact) mass is 308 g/mol. The summed E-state index contributed by atoms with van der Waals surface area (Å²) >= 11 is 5.80. The van der Waals surface area contributed by atoms with Crippen LogP contribution in [-0.4, -0.2) is 21.2 Å². The van der Waals surface area contributed by atoms with Crippen LogP contribution in [0.15, 0.2) is 30.6 Å². The van der Waals surface area contributed by atoms with Gasteiger partial charge in [0.05, 0.1) is 23.2 Å². The third-order valence-electron chi connectivity index (χ3n) is 3.02. The molecule has 1 aromatic heterocycles. The summed E-state index contributed by atoms with van der Waals surface area (Å²) in [4.78, 5) is 10.6. The molecule has 0 saturated carbocycles. The molecule has 7 heteroatoms. The molecule has 0 unspecified atom stereocenters. The first-order valence-electron chi connectivity index (χ1n) is 6.75. The Morgan fingerprint density at radius 3 is 3.00 bits per heavy atom. The lowest BCUT2D eigenvalue weighted by atomic mass is 10.2. The van der Waals surface area contributed by atoms with Crippen LogP contribution in [0.4, 0.5) is 5.69 Å². The van der Waals surface area contributed by atoms with Crippen molar-refractivity contribution in [3.8, 4) is 0 Å². The zero-order chi connectivity index (χ0) is 15.2. The Bertz CT molecular complexity index is 627. The summed E-state index contributed by atoms with van der Waals surface area (Å²) in [5.41, 5.74) is 1.66. The van der Waals surface area contributed by atoms with Gasteiger partial charge in [0.25, 0.3) is 5.69 Å². The molecule has 112 valence electrons. The molecule has 0 bridgehead atoms. The molecule has 0 aliphatic rings. The lowest BCUT2D eigenvalue weighted by Crippen LogP contribution is -2.13. The van der Waals surface area contributed by atoms with Crippen LogP contribution >= 0.6 is 11.6 Å². The van der Waals surface area contributed by atoms with Crippen LogP contribution < -0.4 is 5.32 Å². The minimum absolute atomic E-state index is 0.0173. The minimum Gasteiger partial charge on any atom is -0.313 e. The van der Waals surface area contributed by atoms with Crippen molar-refractivity contribution in [3.05, 3.63) is 56.9 Å². The Labute approximate surface area is 127 Å². The van der Waals surface area contributed by atoms with Gasteiger partial charge in [0.2, 0.25) is 0 Å².